The summed E-state index contributed by atoms with van der Waals surface area (Å²) in [5, 5.41) is 38.5. The first-order valence-corrected chi connectivity index (χ1v) is 13.0. The number of para-hydroxylation sites is 1. The van der Waals surface area contributed by atoms with Crippen LogP contribution in [0.25, 0.3) is 0 Å². The van der Waals surface area contributed by atoms with Crippen molar-refractivity contribution < 1.29 is 19.5 Å². The Hall–Kier alpha value is -3.99. The molecule has 2 amide bonds. The summed E-state index contributed by atoms with van der Waals surface area (Å²) in [6, 6.07) is 8.43. The molecule has 3 N–H and O–H groups in total. The first-order chi connectivity index (χ1) is 17.9. The fourth-order valence-corrected chi connectivity index (χ4v) is 6.19. The number of carbonyl (C=O) groups is 3. The molecule has 0 spiro atoms. The zero-order chi connectivity index (χ0) is 25.9. The molecular formula is C20H21N11O4S2. The molecule has 2 atom stereocenters. The van der Waals surface area contributed by atoms with Crippen molar-refractivity contribution in [3.8, 4) is 0 Å². The van der Waals surface area contributed by atoms with E-state index in [0.717, 1.165) is 5.69 Å². The third-order valence-electron chi connectivity index (χ3n) is 5.67. The molecule has 17 heteroatoms. The molecule has 2 aliphatic rings. The molecule has 1 fully saturated rings. The molecule has 4 heterocycles. The Morgan fingerprint density at radius 1 is 1.19 bits per heavy atom. The van der Waals surface area contributed by atoms with Gasteiger partial charge in [0.05, 0.1) is 6.54 Å². The average molecular weight is 544 g/mol. The van der Waals surface area contributed by atoms with Gasteiger partial charge in [0.2, 0.25) is 11.1 Å². The lowest BCUT2D eigenvalue weighted by atomic mass is 10.0. The Morgan fingerprint density at radius 3 is 2.70 bits per heavy atom. The molecule has 1 aromatic carbocycles. The van der Waals surface area contributed by atoms with Gasteiger partial charge in [-0.05, 0) is 38.6 Å². The number of benzene rings is 1. The second kappa shape index (κ2) is 10.6. The lowest BCUT2D eigenvalue weighted by molar-refractivity contribution is -0.150. The lowest BCUT2D eigenvalue weighted by Crippen LogP contribution is -2.71. The van der Waals surface area contributed by atoms with Crippen LogP contribution < -0.4 is 10.6 Å². The Kier molecular flexibility index (Phi) is 7.04. The summed E-state index contributed by atoms with van der Waals surface area (Å²) in [6.07, 6.45) is 0. The number of aromatic nitrogens is 8. The third-order valence-corrected chi connectivity index (χ3v) is 8.05. The lowest BCUT2D eigenvalue weighted by Gasteiger charge is -2.49. The maximum Gasteiger partial charge on any atom is 0.352 e. The van der Waals surface area contributed by atoms with Gasteiger partial charge in [0.25, 0.3) is 5.91 Å². The highest BCUT2D eigenvalue weighted by Crippen LogP contribution is 2.41. The summed E-state index contributed by atoms with van der Waals surface area (Å²) < 4.78 is 3.02. The first kappa shape index (κ1) is 24.7. The topological polar surface area (TPSA) is 186 Å². The van der Waals surface area contributed by atoms with Crippen LogP contribution in [0.1, 0.15) is 5.82 Å². The van der Waals surface area contributed by atoms with Crippen molar-refractivity contribution in [1.82, 2.24) is 50.6 Å². The molecule has 0 bridgehead atoms. The number of rotatable bonds is 10. The molecule has 0 aliphatic carbocycles. The van der Waals surface area contributed by atoms with E-state index in [1.807, 2.05) is 30.3 Å². The van der Waals surface area contributed by atoms with E-state index < -0.39 is 23.3 Å². The number of hydrogen-bond donors (Lipinski definition) is 3. The number of anilines is 1. The molecule has 0 unspecified atom stereocenters. The molecule has 2 aliphatic heterocycles. The minimum absolute atomic E-state index is 0.00613. The van der Waals surface area contributed by atoms with Crippen LogP contribution in [0.15, 0.2) is 46.8 Å². The van der Waals surface area contributed by atoms with Gasteiger partial charge in [-0.3, -0.25) is 14.5 Å². The van der Waals surface area contributed by atoms with Gasteiger partial charge in [-0.15, -0.1) is 22.0 Å². The number of nitrogens with zero attached hydrogens (tertiary/aromatic N) is 9. The highest BCUT2D eigenvalue weighted by molar-refractivity contribution is 8.01. The molecular weight excluding hydrogens is 522 g/mol. The number of aliphatic carboxylic acids is 1. The quantitative estimate of drug-likeness (QED) is 0.213. The van der Waals surface area contributed by atoms with Crippen LogP contribution in [-0.4, -0.2) is 97.7 Å². The summed E-state index contributed by atoms with van der Waals surface area (Å²) in [5.41, 5.74) is 1.28. The van der Waals surface area contributed by atoms with Gasteiger partial charge in [-0.25, -0.2) is 14.2 Å². The van der Waals surface area contributed by atoms with Crippen LogP contribution in [0, 0.1) is 0 Å². The molecule has 0 saturated carbocycles. The van der Waals surface area contributed by atoms with Crippen molar-refractivity contribution in [3.63, 3.8) is 0 Å². The van der Waals surface area contributed by atoms with Crippen LogP contribution in [0.3, 0.4) is 0 Å². The van der Waals surface area contributed by atoms with Crippen LogP contribution in [0.4, 0.5) is 5.69 Å². The van der Waals surface area contributed by atoms with Gasteiger partial charge in [-0.2, -0.15) is 0 Å². The number of nitrogens with one attached hydrogen (secondary N) is 2. The number of tetrazole rings is 2. The van der Waals surface area contributed by atoms with Gasteiger partial charge in [0.1, 0.15) is 23.7 Å². The summed E-state index contributed by atoms with van der Waals surface area (Å²) in [4.78, 5) is 38.7. The average Bonchev–Trinajstić information content (AvgIpc) is 3.53. The summed E-state index contributed by atoms with van der Waals surface area (Å²) in [7, 11) is 1.70. The molecule has 192 valence electrons. The predicted octanol–water partition coefficient (Wildman–Crippen LogP) is -0.812. The van der Waals surface area contributed by atoms with Gasteiger partial charge in [-0.1, -0.05) is 30.0 Å². The van der Waals surface area contributed by atoms with Gasteiger partial charge >= 0.3 is 5.97 Å². The Morgan fingerprint density at radius 2 is 1.97 bits per heavy atom. The zero-order valence-electron chi connectivity index (χ0n) is 19.4. The van der Waals surface area contributed by atoms with Crippen LogP contribution >= 0.6 is 23.5 Å². The van der Waals surface area contributed by atoms with Crippen molar-refractivity contribution in [3.05, 3.63) is 47.4 Å². The number of β-lactam (4-membered cyclic amide) rings is 1. The van der Waals surface area contributed by atoms with Gasteiger partial charge < -0.3 is 15.7 Å². The fourth-order valence-electron chi connectivity index (χ4n) is 3.82. The standard InChI is InChI=1S/C20H21N11O4S2/c1-29-13(23-25-27-29)8-30-20(24-26-28-30)37-10-11-9-36-18-15(17(33)31(18)16(11)19(34)35)22-14(32)7-21-12-5-3-2-4-6-12/h2-6,15,18,21H,7-10H2,1H3,(H,22,32)(H,34,35)/t15-,18-/m1/s1. The summed E-state index contributed by atoms with van der Waals surface area (Å²) >= 11 is 2.66. The first-order valence-electron chi connectivity index (χ1n) is 11.0. The molecule has 1 saturated heterocycles. The number of carboxylic acids is 1. The monoisotopic (exact) mass is 543 g/mol. The zero-order valence-corrected chi connectivity index (χ0v) is 21.0. The van der Waals surface area contributed by atoms with Crippen molar-refractivity contribution in [2.75, 3.05) is 23.4 Å². The number of hydrogen-bond acceptors (Lipinski definition) is 12. The van der Waals surface area contributed by atoms with Crippen molar-refractivity contribution in [1.29, 1.82) is 0 Å². The number of carbonyl (C=O) groups excluding carboxylic acids is 2. The van der Waals surface area contributed by atoms with Crippen LogP contribution in [0.5, 0.6) is 0 Å². The number of thioether (sulfide) groups is 2. The molecule has 5 rings (SSSR count). The third kappa shape index (κ3) is 5.12. The highest BCUT2D eigenvalue weighted by atomic mass is 32.2. The Balaban J connectivity index is 1.22. The molecule has 3 aromatic rings. The number of amides is 2. The van der Waals surface area contributed by atoms with Gasteiger partial charge in [0.15, 0.2) is 5.82 Å². The van der Waals surface area contributed by atoms with E-state index in [4.69, 9.17) is 0 Å². The summed E-state index contributed by atoms with van der Waals surface area (Å²) in [6.45, 7) is 0.236. The molecule has 15 nitrogen and oxygen atoms in total. The van der Waals surface area contributed by atoms with E-state index in [-0.39, 0.29) is 30.4 Å². The second-order valence-electron chi connectivity index (χ2n) is 8.06. The minimum atomic E-state index is -1.20. The van der Waals surface area contributed by atoms with E-state index in [1.165, 1.54) is 37.8 Å². The fraction of sp³-hybridized carbons (Fsp3) is 0.350. The second-order valence-corrected chi connectivity index (χ2v) is 10.1. The SMILES string of the molecule is Cn1nnnc1Cn1nnnc1SCC1=C(C(=O)O)N2C(=O)[C@@H](NC(=O)CNc3ccccc3)[C@H]2SC1. The van der Waals surface area contributed by atoms with Crippen LogP contribution in [0.2, 0.25) is 0 Å². The van der Waals surface area contributed by atoms with Crippen molar-refractivity contribution >= 4 is 47.0 Å². The number of aryl methyl sites for hydroxylation is 1. The molecule has 2 aromatic heterocycles. The minimum Gasteiger partial charge on any atom is -0.477 e. The predicted molar refractivity (Wildman–Crippen MR) is 131 cm³/mol. The number of carboxylic acid groups (broad SMARTS) is 1. The molecule has 37 heavy (non-hydrogen) atoms. The van der Waals surface area contributed by atoms with Crippen molar-refractivity contribution in [2.24, 2.45) is 7.05 Å². The highest BCUT2D eigenvalue weighted by Gasteiger charge is 2.54. The van der Waals surface area contributed by atoms with Gasteiger partial charge in [0, 0.05) is 24.2 Å². The largest absolute Gasteiger partial charge is 0.477 e. The van der Waals surface area contributed by atoms with E-state index in [1.54, 1.807) is 7.05 Å². The summed E-state index contributed by atoms with van der Waals surface area (Å²) in [5.74, 6) is -0.810. The van der Waals surface area contributed by atoms with Crippen molar-refractivity contribution in [2.45, 2.75) is 23.1 Å². The maximum atomic E-state index is 12.9. The molecule has 0 radical (unpaired) electrons. The Bertz CT molecular complexity index is 1360. The van der Waals surface area contributed by atoms with E-state index in [9.17, 15) is 19.5 Å². The van der Waals surface area contributed by atoms with E-state index in [0.29, 0.717) is 22.3 Å². The number of fused-ring (bicyclic) bond motifs is 1. The Labute approximate surface area is 218 Å². The maximum absolute atomic E-state index is 12.9. The van der Waals surface area contributed by atoms with E-state index in [2.05, 4.69) is 41.7 Å². The van der Waals surface area contributed by atoms with Crippen LogP contribution in [-0.2, 0) is 28.0 Å². The smallest absolute Gasteiger partial charge is 0.352 e. The van der Waals surface area contributed by atoms with E-state index >= 15 is 0 Å². The normalized spacial score (nSPS) is 18.8.